The smallest absolute Gasteiger partial charge is 0.00921 e. The molecule has 0 amide bonds. The van der Waals surface area contributed by atoms with Crippen molar-refractivity contribution < 1.29 is 0 Å². The number of hydrogen-bond donors (Lipinski definition) is 0. The maximum absolute atomic E-state index is 2.47. The van der Waals surface area contributed by atoms with Crippen molar-refractivity contribution in [2.75, 3.05) is 0 Å². The van der Waals surface area contributed by atoms with Crippen LogP contribution in [0.4, 0.5) is 0 Å². The summed E-state index contributed by atoms with van der Waals surface area (Å²) in [4.78, 5) is 0. The first-order valence-corrected chi connectivity index (χ1v) is 21.2. The van der Waals surface area contributed by atoms with Gasteiger partial charge in [-0.15, -0.1) is 0 Å². The van der Waals surface area contributed by atoms with Crippen molar-refractivity contribution in [2.24, 2.45) is 0 Å². The zero-order valence-corrected chi connectivity index (χ0v) is 33.9. The van der Waals surface area contributed by atoms with Crippen molar-refractivity contribution in [3.63, 3.8) is 0 Å². The minimum absolute atomic E-state index is 1.22. The van der Waals surface area contributed by atoms with Gasteiger partial charge in [0.2, 0.25) is 0 Å². The van der Waals surface area contributed by atoms with E-state index in [4.69, 9.17) is 0 Å². The average Bonchev–Trinajstić information content (AvgIpc) is 3.33. The number of benzene rings is 12. The first-order chi connectivity index (χ1) is 30.2. The van der Waals surface area contributed by atoms with Gasteiger partial charge in [-0.25, -0.2) is 0 Å². The van der Waals surface area contributed by atoms with E-state index >= 15 is 0 Å². The Kier molecular flexibility index (Phi) is 8.18. The highest BCUT2D eigenvalue weighted by Gasteiger charge is 2.19. The second-order valence-corrected chi connectivity index (χ2v) is 16.4. The van der Waals surface area contributed by atoms with Gasteiger partial charge in [0, 0.05) is 0 Å². The summed E-state index contributed by atoms with van der Waals surface area (Å²) >= 11 is 0. The van der Waals surface area contributed by atoms with Crippen LogP contribution in [0.15, 0.2) is 224 Å². The van der Waals surface area contributed by atoms with Gasteiger partial charge in [0.25, 0.3) is 0 Å². The third-order valence-electron chi connectivity index (χ3n) is 12.9. The largest absolute Gasteiger partial charge is 0.0622 e. The summed E-state index contributed by atoms with van der Waals surface area (Å²) in [6.07, 6.45) is 0. The number of hydrogen-bond acceptors (Lipinski definition) is 0. The third kappa shape index (κ3) is 5.75. The van der Waals surface area contributed by atoms with E-state index in [0.29, 0.717) is 0 Å². The van der Waals surface area contributed by atoms with Gasteiger partial charge >= 0.3 is 0 Å². The number of fused-ring (bicyclic) bond motifs is 10. The molecule has 0 aliphatic heterocycles. The van der Waals surface area contributed by atoms with Crippen LogP contribution in [0.2, 0.25) is 0 Å². The van der Waals surface area contributed by atoms with E-state index in [1.165, 1.54) is 126 Å². The van der Waals surface area contributed by atoms with E-state index in [1.54, 1.807) is 0 Å². The Balaban J connectivity index is 1.17. The SMILES string of the molecule is Cc1cc2c(cc1-c1ccc3c(-c4ccccc4)cc4c5ccccc5c(-c5ccccc5)cc4c3c1)c(-c1ccccc1)cc1c3ccccc3c(-c3ccccc3)cc21. The Hall–Kier alpha value is -7.80. The summed E-state index contributed by atoms with van der Waals surface area (Å²) in [6.45, 7) is 2.29. The fourth-order valence-corrected chi connectivity index (χ4v) is 10.1. The van der Waals surface area contributed by atoms with E-state index in [9.17, 15) is 0 Å². The van der Waals surface area contributed by atoms with Crippen molar-refractivity contribution in [1.82, 2.24) is 0 Å². The average molecular weight is 773 g/mol. The summed E-state index contributed by atoms with van der Waals surface area (Å²) in [5.74, 6) is 0. The Morgan fingerprint density at radius 2 is 0.475 bits per heavy atom. The topological polar surface area (TPSA) is 0 Å². The van der Waals surface area contributed by atoms with E-state index < -0.39 is 0 Å². The Morgan fingerprint density at radius 3 is 0.902 bits per heavy atom. The molecule has 0 aliphatic rings. The number of rotatable bonds is 5. The van der Waals surface area contributed by atoms with Gasteiger partial charge in [-0.3, -0.25) is 0 Å². The predicted molar refractivity (Wildman–Crippen MR) is 263 cm³/mol. The van der Waals surface area contributed by atoms with Crippen LogP contribution in [0.1, 0.15) is 5.56 Å². The van der Waals surface area contributed by atoms with Crippen LogP contribution in [0.5, 0.6) is 0 Å². The molecule has 0 aromatic heterocycles. The van der Waals surface area contributed by atoms with E-state index in [0.717, 1.165) is 0 Å². The maximum Gasteiger partial charge on any atom is -0.00921 e. The van der Waals surface area contributed by atoms with Crippen LogP contribution in [-0.4, -0.2) is 0 Å². The summed E-state index contributed by atoms with van der Waals surface area (Å²) in [5, 5.41) is 15.2. The molecule has 0 heteroatoms. The molecule has 284 valence electrons. The highest BCUT2D eigenvalue weighted by atomic mass is 14.2. The van der Waals surface area contributed by atoms with Gasteiger partial charge in [0.15, 0.2) is 0 Å². The number of aryl methyl sites for hydroxylation is 1. The molecule has 0 nitrogen and oxygen atoms in total. The predicted octanol–water partition coefficient (Wildman–Crippen LogP) is 17.2. The fourth-order valence-electron chi connectivity index (χ4n) is 10.1. The van der Waals surface area contributed by atoms with Crippen LogP contribution >= 0.6 is 0 Å². The molecule has 0 bridgehead atoms. The lowest BCUT2D eigenvalue weighted by Gasteiger charge is -2.19. The molecule has 0 spiro atoms. The quantitative estimate of drug-likeness (QED) is 0.153. The molecule has 61 heavy (non-hydrogen) atoms. The van der Waals surface area contributed by atoms with Crippen molar-refractivity contribution >= 4 is 64.6 Å². The second-order valence-electron chi connectivity index (χ2n) is 16.4. The first-order valence-electron chi connectivity index (χ1n) is 21.2. The maximum atomic E-state index is 2.47. The zero-order valence-electron chi connectivity index (χ0n) is 33.9. The van der Waals surface area contributed by atoms with E-state index in [2.05, 4.69) is 231 Å². The molecule has 0 atom stereocenters. The Labute approximate surface area is 355 Å². The third-order valence-corrected chi connectivity index (χ3v) is 12.9. The minimum Gasteiger partial charge on any atom is -0.0622 e. The van der Waals surface area contributed by atoms with Gasteiger partial charge in [0.1, 0.15) is 0 Å². The van der Waals surface area contributed by atoms with Crippen molar-refractivity contribution in [1.29, 1.82) is 0 Å². The van der Waals surface area contributed by atoms with Crippen molar-refractivity contribution in [2.45, 2.75) is 6.92 Å². The molecule has 0 aliphatic carbocycles. The van der Waals surface area contributed by atoms with Crippen molar-refractivity contribution in [3.8, 4) is 55.6 Å². The summed E-state index contributed by atoms with van der Waals surface area (Å²) in [6, 6.07) is 83.2. The van der Waals surface area contributed by atoms with Gasteiger partial charge < -0.3 is 0 Å². The van der Waals surface area contributed by atoms with Crippen LogP contribution in [0.25, 0.3) is 120 Å². The molecule has 12 aromatic rings. The van der Waals surface area contributed by atoms with Crippen LogP contribution in [0.3, 0.4) is 0 Å². The second kappa shape index (κ2) is 14.2. The van der Waals surface area contributed by atoms with Crippen LogP contribution in [0, 0.1) is 6.92 Å². The Morgan fingerprint density at radius 1 is 0.180 bits per heavy atom. The molecule has 0 unspecified atom stereocenters. The molecule has 0 saturated carbocycles. The lowest BCUT2D eigenvalue weighted by Crippen LogP contribution is -1.93. The molecular formula is C61H40. The van der Waals surface area contributed by atoms with Gasteiger partial charge in [-0.1, -0.05) is 188 Å². The fraction of sp³-hybridized carbons (Fsp3) is 0.0164. The highest BCUT2D eigenvalue weighted by Crippen LogP contribution is 2.46. The van der Waals surface area contributed by atoms with E-state index in [1.807, 2.05) is 0 Å². The summed E-state index contributed by atoms with van der Waals surface area (Å²) < 4.78 is 0. The molecule has 12 aromatic carbocycles. The monoisotopic (exact) mass is 772 g/mol. The van der Waals surface area contributed by atoms with Gasteiger partial charge in [0.05, 0.1) is 0 Å². The molecular weight excluding hydrogens is 733 g/mol. The lowest BCUT2D eigenvalue weighted by atomic mass is 9.84. The van der Waals surface area contributed by atoms with Crippen molar-refractivity contribution in [3.05, 3.63) is 230 Å². The standard InChI is InChI=1S/C61H40/c1-39-32-55-59(54(43-24-12-5-13-25-43)38-58-48-29-17-15-27-46(48)51(36-60(55)58)40-18-6-2-7-19-40)34-50(39)44-30-31-49-53(42-22-10-4-11-23-42)35-57-47-28-16-14-26-45(47)52(37-61(57)56(49)33-44)41-20-8-3-9-21-41/h2-38H,1H3. The molecule has 0 fully saturated rings. The summed E-state index contributed by atoms with van der Waals surface area (Å²) in [7, 11) is 0. The normalized spacial score (nSPS) is 11.7. The minimum atomic E-state index is 1.22. The zero-order chi connectivity index (χ0) is 40.4. The molecule has 0 saturated heterocycles. The molecule has 0 heterocycles. The van der Waals surface area contributed by atoms with Crippen LogP contribution in [-0.2, 0) is 0 Å². The van der Waals surface area contributed by atoms with E-state index in [-0.39, 0.29) is 0 Å². The Bertz CT molecular complexity index is 3660. The molecule has 12 rings (SSSR count). The van der Waals surface area contributed by atoms with Gasteiger partial charge in [-0.05, 0) is 169 Å². The summed E-state index contributed by atoms with van der Waals surface area (Å²) in [5.41, 5.74) is 13.6. The van der Waals surface area contributed by atoms with Crippen LogP contribution < -0.4 is 0 Å². The molecule has 0 radical (unpaired) electrons. The first kappa shape index (κ1) is 35.2. The van der Waals surface area contributed by atoms with Gasteiger partial charge in [-0.2, -0.15) is 0 Å². The highest BCUT2D eigenvalue weighted by molar-refractivity contribution is 6.26. The molecule has 0 N–H and O–H groups in total. The lowest BCUT2D eigenvalue weighted by molar-refractivity contribution is 1.49.